The van der Waals surface area contributed by atoms with Crippen molar-refractivity contribution in [3.63, 3.8) is 0 Å². The number of nitrogens with zero attached hydrogens (tertiary/aromatic N) is 1. The molecular weight excluding hydrogens is 270 g/mol. The number of aliphatic carboxylic acids is 1. The van der Waals surface area contributed by atoms with E-state index < -0.39 is 11.4 Å². The molecular formula is C16H27NO4. The third-order valence-corrected chi connectivity index (χ3v) is 5.02. The molecule has 0 aromatic rings. The summed E-state index contributed by atoms with van der Waals surface area (Å²) >= 11 is 0. The summed E-state index contributed by atoms with van der Waals surface area (Å²) < 4.78 is 5.80. The number of carbonyl (C=O) groups is 2. The number of ether oxygens (including phenoxy) is 1. The fourth-order valence-corrected chi connectivity index (χ4v) is 3.43. The summed E-state index contributed by atoms with van der Waals surface area (Å²) in [5, 5.41) is 9.30. The van der Waals surface area contributed by atoms with Crippen molar-refractivity contribution in [2.24, 2.45) is 11.3 Å². The quantitative estimate of drug-likeness (QED) is 0.864. The molecule has 5 nitrogen and oxygen atoms in total. The summed E-state index contributed by atoms with van der Waals surface area (Å²) in [6.07, 6.45) is 6.17. The third kappa shape index (κ3) is 3.96. The van der Waals surface area contributed by atoms with E-state index in [0.29, 0.717) is 25.4 Å². The summed E-state index contributed by atoms with van der Waals surface area (Å²) in [4.78, 5) is 25.2. The topological polar surface area (TPSA) is 66.8 Å². The predicted molar refractivity (Wildman–Crippen MR) is 78.9 cm³/mol. The van der Waals surface area contributed by atoms with Gasteiger partial charge in [-0.05, 0) is 38.5 Å². The molecule has 120 valence electrons. The highest BCUT2D eigenvalue weighted by molar-refractivity contribution is 5.80. The first-order chi connectivity index (χ1) is 9.92. The molecule has 1 aliphatic carbocycles. The van der Waals surface area contributed by atoms with Gasteiger partial charge in [-0.3, -0.25) is 9.59 Å². The number of carboxylic acids is 1. The Labute approximate surface area is 126 Å². The zero-order valence-corrected chi connectivity index (χ0v) is 13.1. The molecule has 2 fully saturated rings. The molecule has 1 heterocycles. The van der Waals surface area contributed by atoms with Gasteiger partial charge in [0.1, 0.15) is 6.61 Å². The minimum atomic E-state index is -0.818. The van der Waals surface area contributed by atoms with Crippen LogP contribution < -0.4 is 0 Å². The first-order valence-corrected chi connectivity index (χ1v) is 8.05. The van der Waals surface area contributed by atoms with E-state index in [9.17, 15) is 14.7 Å². The van der Waals surface area contributed by atoms with E-state index in [1.807, 2.05) is 0 Å². The van der Waals surface area contributed by atoms with Gasteiger partial charge in [-0.1, -0.05) is 19.8 Å². The Morgan fingerprint density at radius 1 is 1.29 bits per heavy atom. The Kier molecular flexibility index (Phi) is 5.25. The second kappa shape index (κ2) is 6.77. The number of carboxylic acid groups (broad SMARTS) is 1. The Morgan fingerprint density at radius 2 is 2.00 bits per heavy atom. The van der Waals surface area contributed by atoms with Crippen LogP contribution in [0.4, 0.5) is 0 Å². The molecule has 1 saturated heterocycles. The minimum absolute atomic E-state index is 0.0695. The van der Waals surface area contributed by atoms with E-state index in [1.165, 1.54) is 19.3 Å². The second-order valence-electron chi connectivity index (χ2n) is 6.90. The SMILES string of the molecule is CC1CCCCC1OCC(=O)N1CCCC(C)(C(=O)O)C1. The summed E-state index contributed by atoms with van der Waals surface area (Å²) in [7, 11) is 0. The molecule has 1 saturated carbocycles. The molecule has 0 aromatic carbocycles. The zero-order valence-electron chi connectivity index (χ0n) is 13.1. The summed E-state index contributed by atoms with van der Waals surface area (Å²) in [6.45, 7) is 4.93. The molecule has 1 aliphatic heterocycles. The van der Waals surface area contributed by atoms with Crippen LogP contribution in [0.5, 0.6) is 0 Å². The largest absolute Gasteiger partial charge is 0.481 e. The molecule has 3 unspecified atom stereocenters. The fraction of sp³-hybridized carbons (Fsp3) is 0.875. The van der Waals surface area contributed by atoms with Crippen molar-refractivity contribution in [3.05, 3.63) is 0 Å². The Bertz CT molecular complexity index is 398. The summed E-state index contributed by atoms with van der Waals surface area (Å²) in [5.74, 6) is -0.376. The van der Waals surface area contributed by atoms with Gasteiger partial charge in [0.25, 0.3) is 0 Å². The van der Waals surface area contributed by atoms with Gasteiger partial charge in [-0.15, -0.1) is 0 Å². The van der Waals surface area contributed by atoms with E-state index in [-0.39, 0.29) is 18.6 Å². The maximum absolute atomic E-state index is 12.3. The minimum Gasteiger partial charge on any atom is -0.481 e. The molecule has 0 radical (unpaired) electrons. The van der Waals surface area contributed by atoms with Crippen molar-refractivity contribution in [2.75, 3.05) is 19.7 Å². The van der Waals surface area contributed by atoms with Gasteiger partial charge in [-0.25, -0.2) is 0 Å². The highest BCUT2D eigenvalue weighted by Crippen LogP contribution is 2.30. The van der Waals surface area contributed by atoms with E-state index in [4.69, 9.17) is 4.74 Å². The normalized spacial score (nSPS) is 33.7. The van der Waals surface area contributed by atoms with Crippen LogP contribution in [0.3, 0.4) is 0 Å². The molecule has 2 aliphatic rings. The van der Waals surface area contributed by atoms with Crippen molar-refractivity contribution >= 4 is 11.9 Å². The van der Waals surface area contributed by atoms with Gasteiger partial charge in [0.2, 0.25) is 5.91 Å². The second-order valence-corrected chi connectivity index (χ2v) is 6.90. The first-order valence-electron chi connectivity index (χ1n) is 8.05. The van der Waals surface area contributed by atoms with Crippen LogP contribution >= 0.6 is 0 Å². The van der Waals surface area contributed by atoms with Gasteiger partial charge in [0, 0.05) is 13.1 Å². The Morgan fingerprint density at radius 3 is 2.67 bits per heavy atom. The van der Waals surface area contributed by atoms with Crippen LogP contribution in [0.15, 0.2) is 0 Å². The predicted octanol–water partition coefficient (Wildman–Crippen LogP) is 2.29. The highest BCUT2D eigenvalue weighted by atomic mass is 16.5. The van der Waals surface area contributed by atoms with Crippen molar-refractivity contribution < 1.29 is 19.4 Å². The van der Waals surface area contributed by atoms with Crippen molar-refractivity contribution in [1.82, 2.24) is 4.90 Å². The summed E-state index contributed by atoms with van der Waals surface area (Å²) in [6, 6.07) is 0. The standard InChI is InChI=1S/C16H27NO4/c1-12-6-3-4-7-13(12)21-10-14(18)17-9-5-8-16(2,11-17)15(19)20/h12-13H,3-11H2,1-2H3,(H,19,20). The molecule has 0 bridgehead atoms. The molecule has 0 aromatic heterocycles. The molecule has 0 spiro atoms. The van der Waals surface area contributed by atoms with E-state index in [2.05, 4.69) is 6.92 Å². The lowest BCUT2D eigenvalue weighted by Crippen LogP contribution is -2.49. The lowest BCUT2D eigenvalue weighted by molar-refractivity contribution is -0.155. The first kappa shape index (κ1) is 16.3. The van der Waals surface area contributed by atoms with Crippen molar-refractivity contribution in [3.8, 4) is 0 Å². The van der Waals surface area contributed by atoms with Gasteiger partial charge < -0.3 is 14.7 Å². The molecule has 21 heavy (non-hydrogen) atoms. The average Bonchev–Trinajstić information content (AvgIpc) is 2.46. The smallest absolute Gasteiger partial charge is 0.311 e. The van der Waals surface area contributed by atoms with Crippen LogP contribution in [-0.4, -0.2) is 47.7 Å². The fourth-order valence-electron chi connectivity index (χ4n) is 3.43. The average molecular weight is 297 g/mol. The van der Waals surface area contributed by atoms with E-state index >= 15 is 0 Å². The maximum atomic E-state index is 12.3. The van der Waals surface area contributed by atoms with Crippen molar-refractivity contribution in [2.45, 2.75) is 58.5 Å². The van der Waals surface area contributed by atoms with Gasteiger partial charge in [0.05, 0.1) is 11.5 Å². The van der Waals surface area contributed by atoms with Crippen LogP contribution in [-0.2, 0) is 14.3 Å². The van der Waals surface area contributed by atoms with Crippen LogP contribution in [0.25, 0.3) is 0 Å². The third-order valence-electron chi connectivity index (χ3n) is 5.02. The number of hydrogen-bond donors (Lipinski definition) is 1. The van der Waals surface area contributed by atoms with E-state index in [1.54, 1.807) is 11.8 Å². The lowest BCUT2D eigenvalue weighted by Gasteiger charge is -2.38. The summed E-state index contributed by atoms with van der Waals surface area (Å²) in [5.41, 5.74) is -0.813. The van der Waals surface area contributed by atoms with Gasteiger partial charge >= 0.3 is 5.97 Å². The molecule has 1 amide bonds. The molecule has 1 N–H and O–H groups in total. The Hall–Kier alpha value is -1.10. The highest BCUT2D eigenvalue weighted by Gasteiger charge is 2.39. The van der Waals surface area contributed by atoms with Gasteiger partial charge in [-0.2, -0.15) is 0 Å². The molecule has 5 heteroatoms. The number of amides is 1. The van der Waals surface area contributed by atoms with Crippen molar-refractivity contribution in [1.29, 1.82) is 0 Å². The Balaban J connectivity index is 1.84. The number of piperidine rings is 1. The number of rotatable bonds is 4. The van der Waals surface area contributed by atoms with Gasteiger partial charge in [0.15, 0.2) is 0 Å². The number of likely N-dealkylation sites (tertiary alicyclic amines) is 1. The van der Waals surface area contributed by atoms with Crippen LogP contribution in [0, 0.1) is 11.3 Å². The number of hydrogen-bond acceptors (Lipinski definition) is 3. The number of carbonyl (C=O) groups excluding carboxylic acids is 1. The van der Waals surface area contributed by atoms with E-state index in [0.717, 1.165) is 12.8 Å². The van der Waals surface area contributed by atoms with Crippen LogP contribution in [0.1, 0.15) is 52.4 Å². The zero-order chi connectivity index (χ0) is 15.5. The lowest BCUT2D eigenvalue weighted by atomic mass is 9.82. The molecule has 2 rings (SSSR count). The molecule has 3 atom stereocenters. The maximum Gasteiger partial charge on any atom is 0.311 e. The monoisotopic (exact) mass is 297 g/mol. The van der Waals surface area contributed by atoms with Crippen LogP contribution in [0.2, 0.25) is 0 Å².